The molecule has 0 amide bonds. The van der Waals surface area contributed by atoms with Crippen molar-refractivity contribution >= 4 is 27.5 Å². The van der Waals surface area contributed by atoms with E-state index in [1.165, 1.54) is 6.33 Å². The van der Waals surface area contributed by atoms with Crippen molar-refractivity contribution in [3.05, 3.63) is 66.2 Å². The lowest BCUT2D eigenvalue weighted by Crippen LogP contribution is -2.12. The van der Waals surface area contributed by atoms with Crippen LogP contribution in [-0.2, 0) is 0 Å². The molecule has 0 saturated heterocycles. The van der Waals surface area contributed by atoms with Gasteiger partial charge in [0.15, 0.2) is 17.4 Å². The van der Waals surface area contributed by atoms with Gasteiger partial charge in [-0.05, 0) is 43.3 Å². The first-order valence-electron chi connectivity index (χ1n) is 10.9. The van der Waals surface area contributed by atoms with Crippen LogP contribution in [0.4, 0.5) is 5.69 Å². The summed E-state index contributed by atoms with van der Waals surface area (Å²) >= 11 is 0. The highest BCUT2D eigenvalue weighted by molar-refractivity contribution is 6.05. The van der Waals surface area contributed by atoms with Crippen molar-refractivity contribution in [3.8, 4) is 34.7 Å². The molecule has 174 valence electrons. The number of aryl methyl sites for hydroxylation is 1. The zero-order valence-electron chi connectivity index (χ0n) is 19.2. The van der Waals surface area contributed by atoms with Crippen LogP contribution >= 0.6 is 0 Å². The van der Waals surface area contributed by atoms with Crippen molar-refractivity contribution in [1.82, 2.24) is 19.9 Å². The number of hydrogen-bond acceptors (Lipinski definition) is 8. The summed E-state index contributed by atoms with van der Waals surface area (Å²) in [5.74, 6) is 1.03. The van der Waals surface area contributed by atoms with Gasteiger partial charge in [-0.3, -0.25) is 4.98 Å². The van der Waals surface area contributed by atoms with E-state index in [1.807, 2.05) is 19.1 Å². The standard InChI is InChI=1S/C26H22N6O3/c1-15-9-17(5-6-28-15)29-7-8-35-23-12-21-19(11-22(23)34-2)25(31-14-30-21)24-18-10-16(13-27)3-4-20(18)32-26(24)33/h3-6,9-12,14,32-33H,7-8H2,1-2H3,(H,28,29). The SMILES string of the molecule is COc1cc2c(-c3c(O)[nH]c4ccc(C#N)cc34)ncnc2cc1OCCNc1ccnc(C)c1. The molecular weight excluding hydrogens is 444 g/mol. The minimum absolute atomic E-state index is 0.0354. The highest BCUT2D eigenvalue weighted by atomic mass is 16.5. The topological polar surface area (TPSA) is 129 Å². The quantitative estimate of drug-likeness (QED) is 0.298. The van der Waals surface area contributed by atoms with E-state index in [1.54, 1.807) is 43.6 Å². The molecular formula is C26H22N6O3. The molecule has 0 aliphatic rings. The highest BCUT2D eigenvalue weighted by Crippen LogP contribution is 2.41. The van der Waals surface area contributed by atoms with Crippen LogP contribution in [0.25, 0.3) is 33.1 Å². The normalized spacial score (nSPS) is 10.9. The van der Waals surface area contributed by atoms with Gasteiger partial charge in [0.2, 0.25) is 0 Å². The van der Waals surface area contributed by atoms with Crippen LogP contribution in [0.1, 0.15) is 11.3 Å². The molecule has 5 rings (SSSR count). The van der Waals surface area contributed by atoms with E-state index >= 15 is 0 Å². The molecule has 35 heavy (non-hydrogen) atoms. The van der Waals surface area contributed by atoms with Gasteiger partial charge in [0.1, 0.15) is 12.9 Å². The third-order valence-electron chi connectivity index (χ3n) is 5.65. The van der Waals surface area contributed by atoms with E-state index in [0.29, 0.717) is 63.3 Å². The number of methoxy groups -OCH3 is 1. The Morgan fingerprint density at radius 2 is 1.94 bits per heavy atom. The number of nitrogens with zero attached hydrogens (tertiary/aromatic N) is 4. The van der Waals surface area contributed by atoms with Gasteiger partial charge in [-0.1, -0.05) is 0 Å². The van der Waals surface area contributed by atoms with E-state index in [4.69, 9.17) is 9.47 Å². The van der Waals surface area contributed by atoms with Gasteiger partial charge in [0, 0.05) is 46.5 Å². The van der Waals surface area contributed by atoms with E-state index in [9.17, 15) is 10.4 Å². The summed E-state index contributed by atoms with van der Waals surface area (Å²) in [6.45, 7) is 2.93. The zero-order chi connectivity index (χ0) is 24.4. The largest absolute Gasteiger partial charge is 0.494 e. The Balaban J connectivity index is 1.47. The maximum absolute atomic E-state index is 10.7. The Labute approximate surface area is 201 Å². The summed E-state index contributed by atoms with van der Waals surface area (Å²) in [5.41, 5.74) is 4.75. The lowest BCUT2D eigenvalue weighted by Gasteiger charge is -2.14. The molecule has 0 aliphatic carbocycles. The number of aromatic amines is 1. The predicted molar refractivity (Wildman–Crippen MR) is 133 cm³/mol. The van der Waals surface area contributed by atoms with Crippen molar-refractivity contribution in [2.45, 2.75) is 6.92 Å². The number of nitrogens with one attached hydrogen (secondary N) is 2. The van der Waals surface area contributed by atoms with Crippen molar-refractivity contribution in [2.75, 3.05) is 25.6 Å². The van der Waals surface area contributed by atoms with Gasteiger partial charge < -0.3 is 24.9 Å². The van der Waals surface area contributed by atoms with Crippen LogP contribution < -0.4 is 14.8 Å². The maximum Gasteiger partial charge on any atom is 0.199 e. The van der Waals surface area contributed by atoms with Gasteiger partial charge >= 0.3 is 0 Å². The number of pyridine rings is 1. The third kappa shape index (κ3) is 4.25. The monoisotopic (exact) mass is 466 g/mol. The van der Waals surface area contributed by atoms with Gasteiger partial charge in [0.05, 0.1) is 35.5 Å². The lowest BCUT2D eigenvalue weighted by atomic mass is 10.0. The molecule has 0 saturated carbocycles. The van der Waals surface area contributed by atoms with Crippen molar-refractivity contribution < 1.29 is 14.6 Å². The van der Waals surface area contributed by atoms with E-state index in [-0.39, 0.29) is 5.88 Å². The number of ether oxygens (including phenoxy) is 2. The molecule has 3 heterocycles. The molecule has 3 aromatic heterocycles. The molecule has 2 aromatic carbocycles. The Morgan fingerprint density at radius 1 is 1.06 bits per heavy atom. The molecule has 0 atom stereocenters. The van der Waals surface area contributed by atoms with Crippen LogP contribution in [0.15, 0.2) is 55.0 Å². The molecule has 3 N–H and O–H groups in total. The molecule has 9 nitrogen and oxygen atoms in total. The first-order valence-corrected chi connectivity index (χ1v) is 10.9. The number of rotatable bonds is 7. The second kappa shape index (κ2) is 9.19. The Bertz CT molecular complexity index is 1590. The number of H-pyrrole nitrogens is 1. The van der Waals surface area contributed by atoms with Crippen molar-refractivity contribution in [3.63, 3.8) is 0 Å². The fourth-order valence-electron chi connectivity index (χ4n) is 4.03. The number of aromatic hydroxyl groups is 1. The minimum Gasteiger partial charge on any atom is -0.494 e. The van der Waals surface area contributed by atoms with E-state index in [0.717, 1.165) is 11.4 Å². The second-order valence-corrected chi connectivity index (χ2v) is 7.92. The average molecular weight is 467 g/mol. The number of anilines is 1. The van der Waals surface area contributed by atoms with Crippen LogP contribution in [0.5, 0.6) is 17.4 Å². The molecule has 9 heteroatoms. The summed E-state index contributed by atoms with van der Waals surface area (Å²) in [6.07, 6.45) is 3.20. The lowest BCUT2D eigenvalue weighted by molar-refractivity contribution is 0.306. The Morgan fingerprint density at radius 3 is 2.74 bits per heavy atom. The maximum atomic E-state index is 10.7. The zero-order valence-corrected chi connectivity index (χ0v) is 19.2. The molecule has 0 unspecified atom stereocenters. The summed E-state index contributed by atoms with van der Waals surface area (Å²) in [6, 6.07) is 14.8. The van der Waals surface area contributed by atoms with Gasteiger partial charge in [-0.15, -0.1) is 0 Å². The van der Waals surface area contributed by atoms with Gasteiger partial charge in [-0.2, -0.15) is 5.26 Å². The summed E-state index contributed by atoms with van der Waals surface area (Å²) in [7, 11) is 1.57. The molecule has 0 bridgehead atoms. The van der Waals surface area contributed by atoms with Crippen LogP contribution in [-0.4, -0.2) is 45.3 Å². The Hall–Kier alpha value is -4.84. The first kappa shape index (κ1) is 22.0. The predicted octanol–water partition coefficient (Wildman–Crippen LogP) is 4.56. The van der Waals surface area contributed by atoms with Crippen LogP contribution in [0, 0.1) is 18.3 Å². The fraction of sp³-hybridized carbons (Fsp3) is 0.154. The number of nitriles is 1. The molecule has 5 aromatic rings. The number of hydrogen-bond donors (Lipinski definition) is 3. The summed E-state index contributed by atoms with van der Waals surface area (Å²) < 4.78 is 11.6. The second-order valence-electron chi connectivity index (χ2n) is 7.92. The fourth-order valence-corrected chi connectivity index (χ4v) is 4.03. The van der Waals surface area contributed by atoms with E-state index < -0.39 is 0 Å². The first-order chi connectivity index (χ1) is 17.1. The van der Waals surface area contributed by atoms with Gasteiger partial charge in [-0.25, -0.2) is 9.97 Å². The number of fused-ring (bicyclic) bond motifs is 2. The summed E-state index contributed by atoms with van der Waals surface area (Å²) in [5, 5.41) is 24.7. The minimum atomic E-state index is -0.0354. The molecule has 0 spiro atoms. The Kier molecular flexibility index (Phi) is 5.77. The van der Waals surface area contributed by atoms with E-state index in [2.05, 4.69) is 31.3 Å². The highest BCUT2D eigenvalue weighted by Gasteiger charge is 2.19. The van der Waals surface area contributed by atoms with Crippen LogP contribution in [0.3, 0.4) is 0 Å². The molecule has 0 radical (unpaired) electrons. The third-order valence-corrected chi connectivity index (χ3v) is 5.65. The average Bonchev–Trinajstić information content (AvgIpc) is 3.20. The van der Waals surface area contributed by atoms with Gasteiger partial charge in [0.25, 0.3) is 0 Å². The van der Waals surface area contributed by atoms with Crippen molar-refractivity contribution in [2.24, 2.45) is 0 Å². The summed E-state index contributed by atoms with van der Waals surface area (Å²) in [4.78, 5) is 16.0. The number of benzene rings is 2. The number of aromatic nitrogens is 4. The van der Waals surface area contributed by atoms with Crippen molar-refractivity contribution in [1.29, 1.82) is 5.26 Å². The smallest absolute Gasteiger partial charge is 0.199 e. The molecule has 0 aliphatic heterocycles. The molecule has 0 fully saturated rings. The van der Waals surface area contributed by atoms with Crippen LogP contribution in [0.2, 0.25) is 0 Å².